The summed E-state index contributed by atoms with van der Waals surface area (Å²) in [6.07, 6.45) is 2.95. The number of piperidine rings is 1. The van der Waals surface area contributed by atoms with Gasteiger partial charge in [0.05, 0.1) is 12.0 Å². The van der Waals surface area contributed by atoms with Crippen LogP contribution in [0.25, 0.3) is 0 Å². The summed E-state index contributed by atoms with van der Waals surface area (Å²) in [6.45, 7) is 6.53. The molecular weight excluding hydrogens is 252 g/mol. The molecule has 1 fully saturated rings. The third-order valence-corrected chi connectivity index (χ3v) is 3.71. The third-order valence-electron chi connectivity index (χ3n) is 3.71. The molecule has 1 heterocycles. The fraction of sp³-hybridized carbons (Fsp3) is 0.562. The van der Waals surface area contributed by atoms with Crippen LogP contribution in [-0.4, -0.2) is 25.6 Å². The van der Waals surface area contributed by atoms with Gasteiger partial charge < -0.3 is 15.4 Å². The third kappa shape index (κ3) is 3.73. The lowest BCUT2D eigenvalue weighted by Gasteiger charge is -2.32. The molecule has 2 N–H and O–H groups in total. The van der Waals surface area contributed by atoms with E-state index in [0.717, 1.165) is 43.8 Å². The Kier molecular flexibility index (Phi) is 5.01. The second-order valence-electron chi connectivity index (χ2n) is 5.67. The Morgan fingerprint density at radius 1 is 1.50 bits per heavy atom. The van der Waals surface area contributed by atoms with E-state index < -0.39 is 0 Å². The lowest BCUT2D eigenvalue weighted by Crippen LogP contribution is -2.46. The van der Waals surface area contributed by atoms with Crippen molar-refractivity contribution in [2.24, 2.45) is 5.41 Å². The highest BCUT2D eigenvalue weighted by molar-refractivity contribution is 5.95. The molecule has 0 radical (unpaired) electrons. The first-order valence-corrected chi connectivity index (χ1v) is 7.39. The fourth-order valence-electron chi connectivity index (χ4n) is 2.42. The van der Waals surface area contributed by atoms with Gasteiger partial charge in [-0.15, -0.1) is 0 Å². The molecule has 1 aromatic rings. The largest absolute Gasteiger partial charge is 0.494 e. The summed E-state index contributed by atoms with van der Waals surface area (Å²) in [4.78, 5) is 12.4. The minimum Gasteiger partial charge on any atom is -0.494 e. The second kappa shape index (κ2) is 6.75. The molecule has 0 aliphatic carbocycles. The van der Waals surface area contributed by atoms with Gasteiger partial charge >= 0.3 is 0 Å². The van der Waals surface area contributed by atoms with Gasteiger partial charge in [-0.3, -0.25) is 4.79 Å². The minimum atomic E-state index is -0.321. The molecule has 0 spiro atoms. The van der Waals surface area contributed by atoms with Gasteiger partial charge in [0.15, 0.2) is 0 Å². The zero-order valence-corrected chi connectivity index (χ0v) is 12.4. The van der Waals surface area contributed by atoms with Gasteiger partial charge in [-0.2, -0.15) is 0 Å². The lowest BCUT2D eigenvalue weighted by molar-refractivity contribution is -0.125. The Hall–Kier alpha value is -1.55. The zero-order chi connectivity index (χ0) is 14.4. The molecule has 1 aliphatic rings. The normalized spacial score (nSPS) is 22.3. The lowest BCUT2D eigenvalue weighted by atomic mass is 9.82. The van der Waals surface area contributed by atoms with Crippen LogP contribution in [0.1, 0.15) is 33.1 Å². The Morgan fingerprint density at radius 3 is 3.05 bits per heavy atom. The molecular formula is C16H24N2O2. The number of hydrogen-bond acceptors (Lipinski definition) is 3. The van der Waals surface area contributed by atoms with E-state index in [-0.39, 0.29) is 11.3 Å². The predicted octanol–water partition coefficient (Wildman–Crippen LogP) is 2.80. The second-order valence-corrected chi connectivity index (χ2v) is 5.67. The van der Waals surface area contributed by atoms with E-state index in [4.69, 9.17) is 4.74 Å². The van der Waals surface area contributed by atoms with E-state index in [0.29, 0.717) is 6.61 Å². The van der Waals surface area contributed by atoms with Crippen molar-refractivity contribution in [1.82, 2.24) is 5.32 Å². The quantitative estimate of drug-likeness (QED) is 0.869. The standard InChI is InChI=1S/C16H24N2O2/c1-3-10-20-14-7-4-6-13(11-14)18-15(19)16(2)8-5-9-17-12-16/h4,6-7,11,17H,3,5,8-10,12H2,1-2H3,(H,18,19). The van der Waals surface area contributed by atoms with Crippen LogP contribution in [0.5, 0.6) is 5.75 Å². The van der Waals surface area contributed by atoms with Crippen molar-refractivity contribution in [2.75, 3.05) is 25.0 Å². The van der Waals surface area contributed by atoms with Gasteiger partial charge in [-0.1, -0.05) is 13.0 Å². The molecule has 110 valence electrons. The number of carbonyl (C=O) groups is 1. The maximum Gasteiger partial charge on any atom is 0.231 e. The Labute approximate surface area is 120 Å². The molecule has 4 heteroatoms. The molecule has 4 nitrogen and oxygen atoms in total. The number of ether oxygens (including phenoxy) is 1. The Morgan fingerprint density at radius 2 is 2.35 bits per heavy atom. The van der Waals surface area contributed by atoms with Crippen LogP contribution in [0.3, 0.4) is 0 Å². The van der Waals surface area contributed by atoms with Crippen LogP contribution in [0.2, 0.25) is 0 Å². The van der Waals surface area contributed by atoms with Crippen LogP contribution in [0.4, 0.5) is 5.69 Å². The summed E-state index contributed by atoms with van der Waals surface area (Å²) in [6, 6.07) is 7.60. The Balaban J connectivity index is 2.00. The van der Waals surface area contributed by atoms with Crippen molar-refractivity contribution in [3.05, 3.63) is 24.3 Å². The molecule has 0 aromatic heterocycles. The van der Waals surface area contributed by atoms with E-state index in [1.54, 1.807) is 0 Å². The highest BCUT2D eigenvalue weighted by Gasteiger charge is 2.34. The number of amides is 1. The first-order valence-electron chi connectivity index (χ1n) is 7.39. The summed E-state index contributed by atoms with van der Waals surface area (Å²) in [5, 5.41) is 6.31. The highest BCUT2D eigenvalue weighted by Crippen LogP contribution is 2.28. The van der Waals surface area contributed by atoms with Gasteiger partial charge in [-0.25, -0.2) is 0 Å². The molecule has 0 saturated carbocycles. The number of hydrogen-bond donors (Lipinski definition) is 2. The fourth-order valence-corrected chi connectivity index (χ4v) is 2.42. The van der Waals surface area contributed by atoms with E-state index in [2.05, 4.69) is 17.6 Å². The monoisotopic (exact) mass is 276 g/mol. The molecule has 2 rings (SSSR count). The average Bonchev–Trinajstić information content (AvgIpc) is 2.46. The van der Waals surface area contributed by atoms with E-state index in [1.807, 2.05) is 31.2 Å². The van der Waals surface area contributed by atoms with Crippen LogP contribution in [0.15, 0.2) is 24.3 Å². The van der Waals surface area contributed by atoms with Gasteiger partial charge in [0, 0.05) is 18.3 Å². The molecule has 1 amide bonds. The van der Waals surface area contributed by atoms with Gasteiger partial charge in [0.1, 0.15) is 5.75 Å². The van der Waals surface area contributed by atoms with Crippen LogP contribution < -0.4 is 15.4 Å². The number of benzene rings is 1. The maximum atomic E-state index is 12.4. The summed E-state index contributed by atoms with van der Waals surface area (Å²) in [5.41, 5.74) is 0.480. The van der Waals surface area contributed by atoms with E-state index >= 15 is 0 Å². The molecule has 0 bridgehead atoms. The molecule has 1 aromatic carbocycles. The van der Waals surface area contributed by atoms with Crippen molar-refractivity contribution in [2.45, 2.75) is 33.1 Å². The molecule has 1 saturated heterocycles. The summed E-state index contributed by atoms with van der Waals surface area (Å²) < 4.78 is 5.58. The molecule has 1 unspecified atom stereocenters. The van der Waals surface area contributed by atoms with Crippen LogP contribution in [-0.2, 0) is 4.79 Å². The van der Waals surface area contributed by atoms with Crippen molar-refractivity contribution >= 4 is 11.6 Å². The van der Waals surface area contributed by atoms with E-state index in [9.17, 15) is 4.79 Å². The van der Waals surface area contributed by atoms with Crippen molar-refractivity contribution in [3.63, 3.8) is 0 Å². The average molecular weight is 276 g/mol. The topological polar surface area (TPSA) is 50.4 Å². The number of rotatable bonds is 5. The van der Waals surface area contributed by atoms with Crippen molar-refractivity contribution in [3.8, 4) is 5.75 Å². The number of nitrogens with one attached hydrogen (secondary N) is 2. The maximum absolute atomic E-state index is 12.4. The summed E-state index contributed by atoms with van der Waals surface area (Å²) >= 11 is 0. The predicted molar refractivity (Wildman–Crippen MR) is 81.1 cm³/mol. The van der Waals surface area contributed by atoms with Crippen molar-refractivity contribution < 1.29 is 9.53 Å². The smallest absolute Gasteiger partial charge is 0.231 e. The first kappa shape index (κ1) is 14.9. The molecule has 1 aliphatic heterocycles. The zero-order valence-electron chi connectivity index (χ0n) is 12.4. The number of carbonyl (C=O) groups excluding carboxylic acids is 1. The minimum absolute atomic E-state index is 0.0809. The van der Waals surface area contributed by atoms with E-state index in [1.165, 1.54) is 0 Å². The SMILES string of the molecule is CCCOc1cccc(NC(=O)C2(C)CCCNC2)c1. The van der Waals surface area contributed by atoms with Gasteiger partial charge in [-0.05, 0) is 44.9 Å². The van der Waals surface area contributed by atoms with Crippen LogP contribution >= 0.6 is 0 Å². The number of anilines is 1. The Bertz CT molecular complexity index is 454. The molecule has 1 atom stereocenters. The molecule has 20 heavy (non-hydrogen) atoms. The highest BCUT2D eigenvalue weighted by atomic mass is 16.5. The summed E-state index contributed by atoms with van der Waals surface area (Å²) in [7, 11) is 0. The van der Waals surface area contributed by atoms with Crippen LogP contribution in [0, 0.1) is 5.41 Å². The first-order chi connectivity index (χ1) is 9.64. The summed E-state index contributed by atoms with van der Waals surface area (Å²) in [5.74, 6) is 0.883. The van der Waals surface area contributed by atoms with Gasteiger partial charge in [0.2, 0.25) is 5.91 Å². The van der Waals surface area contributed by atoms with Gasteiger partial charge in [0.25, 0.3) is 0 Å². The van der Waals surface area contributed by atoms with Crippen molar-refractivity contribution in [1.29, 1.82) is 0 Å².